The molecule has 0 radical (unpaired) electrons. The maximum Gasteiger partial charge on any atom is 0.0569 e. The molecule has 3 nitrogen and oxygen atoms in total. The first-order valence-electron chi connectivity index (χ1n) is 6.04. The molecule has 2 N–H and O–H groups in total. The monoisotopic (exact) mass is 229 g/mol. The van der Waals surface area contributed by atoms with Gasteiger partial charge in [0, 0.05) is 29.6 Å². The Bertz CT molecular complexity index is 486. The molecule has 0 spiro atoms. The van der Waals surface area contributed by atoms with Gasteiger partial charge in [-0.3, -0.25) is 4.68 Å². The maximum atomic E-state index is 5.95. The molecule has 0 saturated carbocycles. The van der Waals surface area contributed by atoms with Crippen molar-refractivity contribution in [3.8, 4) is 11.1 Å². The maximum absolute atomic E-state index is 5.95. The normalized spacial score (nSPS) is 11.0. The zero-order valence-electron chi connectivity index (χ0n) is 10.4. The Morgan fingerprint density at radius 3 is 2.76 bits per heavy atom. The summed E-state index contributed by atoms with van der Waals surface area (Å²) in [5, 5.41) is 4.37. The summed E-state index contributed by atoms with van der Waals surface area (Å²) in [7, 11) is 0. The molecule has 0 aliphatic carbocycles. The molecular weight excluding hydrogens is 210 g/mol. The summed E-state index contributed by atoms with van der Waals surface area (Å²) < 4.78 is 1.99. The molecule has 0 saturated heterocycles. The molecule has 1 aromatic carbocycles. The van der Waals surface area contributed by atoms with Crippen LogP contribution in [-0.2, 0) is 6.54 Å². The van der Waals surface area contributed by atoms with Crippen LogP contribution >= 0.6 is 0 Å². The number of para-hydroxylation sites is 1. The zero-order valence-corrected chi connectivity index (χ0v) is 10.4. The van der Waals surface area contributed by atoms with Crippen molar-refractivity contribution in [1.82, 2.24) is 9.78 Å². The Labute approximate surface area is 102 Å². The van der Waals surface area contributed by atoms with Crippen LogP contribution in [0, 0.1) is 5.92 Å². The largest absolute Gasteiger partial charge is 0.398 e. The number of anilines is 1. The number of aromatic nitrogens is 2. The van der Waals surface area contributed by atoms with E-state index in [1.165, 1.54) is 0 Å². The van der Waals surface area contributed by atoms with Crippen molar-refractivity contribution in [2.75, 3.05) is 5.73 Å². The Morgan fingerprint density at radius 2 is 2.06 bits per heavy atom. The lowest BCUT2D eigenvalue weighted by atomic mass is 10.1. The second kappa shape index (κ2) is 5.04. The molecule has 0 aliphatic heterocycles. The van der Waals surface area contributed by atoms with Crippen molar-refractivity contribution < 1.29 is 0 Å². The number of nitrogens with zero attached hydrogens (tertiary/aromatic N) is 2. The number of hydrogen-bond acceptors (Lipinski definition) is 2. The van der Waals surface area contributed by atoms with E-state index >= 15 is 0 Å². The van der Waals surface area contributed by atoms with Gasteiger partial charge in [0.05, 0.1) is 6.20 Å². The number of aryl methyl sites for hydroxylation is 1. The fourth-order valence-corrected chi connectivity index (χ4v) is 1.78. The molecule has 1 aromatic heterocycles. The molecule has 0 fully saturated rings. The number of nitrogen functional groups attached to an aromatic ring is 1. The van der Waals surface area contributed by atoms with Crippen LogP contribution < -0.4 is 5.73 Å². The smallest absolute Gasteiger partial charge is 0.0569 e. The van der Waals surface area contributed by atoms with E-state index in [0.29, 0.717) is 5.92 Å². The minimum Gasteiger partial charge on any atom is -0.398 e. The molecule has 3 heteroatoms. The molecule has 0 amide bonds. The molecule has 0 bridgehead atoms. The second-order valence-corrected chi connectivity index (χ2v) is 4.76. The highest BCUT2D eigenvalue weighted by Crippen LogP contribution is 2.24. The standard InChI is InChI=1S/C14H19N3/c1-11(2)7-8-17-10-12(9-16-17)13-5-3-4-6-14(13)15/h3-6,9-11H,7-8,15H2,1-2H3. The predicted octanol–water partition coefficient (Wildman–Crippen LogP) is 3.18. The number of rotatable bonds is 4. The van der Waals surface area contributed by atoms with Gasteiger partial charge in [0.15, 0.2) is 0 Å². The molecular formula is C14H19N3. The Morgan fingerprint density at radius 1 is 1.29 bits per heavy atom. The molecule has 2 rings (SSSR count). The third-order valence-electron chi connectivity index (χ3n) is 2.84. The van der Waals surface area contributed by atoms with Crippen molar-refractivity contribution in [1.29, 1.82) is 0 Å². The zero-order chi connectivity index (χ0) is 12.3. The van der Waals surface area contributed by atoms with Gasteiger partial charge >= 0.3 is 0 Å². The number of nitrogens with two attached hydrogens (primary N) is 1. The van der Waals surface area contributed by atoms with E-state index in [1.54, 1.807) is 0 Å². The SMILES string of the molecule is CC(C)CCn1cc(-c2ccccc2N)cn1. The lowest BCUT2D eigenvalue weighted by Gasteiger charge is -2.04. The van der Waals surface area contributed by atoms with Gasteiger partial charge in [-0.1, -0.05) is 32.0 Å². The second-order valence-electron chi connectivity index (χ2n) is 4.76. The summed E-state index contributed by atoms with van der Waals surface area (Å²) in [4.78, 5) is 0. The van der Waals surface area contributed by atoms with Gasteiger partial charge in [-0.2, -0.15) is 5.10 Å². The van der Waals surface area contributed by atoms with E-state index in [0.717, 1.165) is 29.8 Å². The summed E-state index contributed by atoms with van der Waals surface area (Å²) in [6.45, 7) is 5.41. The van der Waals surface area contributed by atoms with E-state index in [-0.39, 0.29) is 0 Å². The molecule has 0 aliphatic rings. The minimum atomic E-state index is 0.699. The van der Waals surface area contributed by atoms with Crippen LogP contribution in [0.2, 0.25) is 0 Å². The van der Waals surface area contributed by atoms with Gasteiger partial charge in [0.2, 0.25) is 0 Å². The Hall–Kier alpha value is -1.77. The lowest BCUT2D eigenvalue weighted by Crippen LogP contribution is -2.01. The van der Waals surface area contributed by atoms with Gasteiger partial charge in [-0.25, -0.2) is 0 Å². The Kier molecular flexibility index (Phi) is 3.47. The summed E-state index contributed by atoms with van der Waals surface area (Å²) in [6.07, 6.45) is 5.09. The van der Waals surface area contributed by atoms with E-state index in [9.17, 15) is 0 Å². The number of hydrogen-bond donors (Lipinski definition) is 1. The highest BCUT2D eigenvalue weighted by Gasteiger charge is 2.05. The lowest BCUT2D eigenvalue weighted by molar-refractivity contribution is 0.487. The van der Waals surface area contributed by atoms with Crippen molar-refractivity contribution in [2.24, 2.45) is 5.92 Å². The molecule has 1 heterocycles. The van der Waals surface area contributed by atoms with Gasteiger partial charge in [-0.15, -0.1) is 0 Å². The van der Waals surface area contributed by atoms with Crippen molar-refractivity contribution in [2.45, 2.75) is 26.8 Å². The van der Waals surface area contributed by atoms with E-state index in [2.05, 4.69) is 25.1 Å². The van der Waals surface area contributed by atoms with Gasteiger partial charge < -0.3 is 5.73 Å². The van der Waals surface area contributed by atoms with Gasteiger partial charge in [-0.05, 0) is 18.4 Å². The molecule has 2 aromatic rings. The summed E-state index contributed by atoms with van der Waals surface area (Å²) in [5.74, 6) is 0.699. The third-order valence-corrected chi connectivity index (χ3v) is 2.84. The van der Waals surface area contributed by atoms with E-state index in [4.69, 9.17) is 5.73 Å². The van der Waals surface area contributed by atoms with Crippen LogP contribution in [0.1, 0.15) is 20.3 Å². The minimum absolute atomic E-state index is 0.699. The molecule has 90 valence electrons. The summed E-state index contributed by atoms with van der Waals surface area (Å²) in [6, 6.07) is 7.89. The van der Waals surface area contributed by atoms with Crippen LogP contribution in [0.3, 0.4) is 0 Å². The fourth-order valence-electron chi connectivity index (χ4n) is 1.78. The summed E-state index contributed by atoms with van der Waals surface area (Å²) in [5.41, 5.74) is 8.90. The van der Waals surface area contributed by atoms with Gasteiger partial charge in [0.1, 0.15) is 0 Å². The summed E-state index contributed by atoms with van der Waals surface area (Å²) >= 11 is 0. The average Bonchev–Trinajstić information content (AvgIpc) is 2.75. The number of benzene rings is 1. The van der Waals surface area contributed by atoms with Crippen LogP contribution in [0.25, 0.3) is 11.1 Å². The molecule has 0 atom stereocenters. The van der Waals surface area contributed by atoms with Crippen molar-refractivity contribution in [3.05, 3.63) is 36.7 Å². The predicted molar refractivity (Wildman–Crippen MR) is 71.5 cm³/mol. The highest BCUT2D eigenvalue weighted by atomic mass is 15.3. The Balaban J connectivity index is 2.16. The van der Waals surface area contributed by atoms with E-state index < -0.39 is 0 Å². The molecule has 17 heavy (non-hydrogen) atoms. The first-order valence-corrected chi connectivity index (χ1v) is 6.04. The first kappa shape index (κ1) is 11.7. The van der Waals surface area contributed by atoms with Crippen molar-refractivity contribution in [3.63, 3.8) is 0 Å². The quantitative estimate of drug-likeness (QED) is 0.818. The molecule has 0 unspecified atom stereocenters. The highest BCUT2D eigenvalue weighted by molar-refractivity contribution is 5.75. The third kappa shape index (κ3) is 2.87. The van der Waals surface area contributed by atoms with E-state index in [1.807, 2.05) is 35.1 Å². The first-order chi connectivity index (χ1) is 8.16. The van der Waals surface area contributed by atoms with Crippen molar-refractivity contribution >= 4 is 5.69 Å². The van der Waals surface area contributed by atoms with Gasteiger partial charge in [0.25, 0.3) is 0 Å². The fraction of sp³-hybridized carbons (Fsp3) is 0.357. The van der Waals surface area contributed by atoms with Crippen LogP contribution in [-0.4, -0.2) is 9.78 Å². The van der Waals surface area contributed by atoms with Crippen LogP contribution in [0.4, 0.5) is 5.69 Å². The topological polar surface area (TPSA) is 43.8 Å². The van der Waals surface area contributed by atoms with Crippen LogP contribution in [0.5, 0.6) is 0 Å². The van der Waals surface area contributed by atoms with Crippen LogP contribution in [0.15, 0.2) is 36.7 Å². The average molecular weight is 229 g/mol.